The van der Waals surface area contributed by atoms with E-state index >= 15 is 0 Å². The summed E-state index contributed by atoms with van der Waals surface area (Å²) >= 11 is 0. The molecule has 8 heteroatoms. The average Bonchev–Trinajstić information content (AvgIpc) is 2.44. The second-order valence-electron chi connectivity index (χ2n) is 4.28. The number of benzene rings is 1. The Balaban J connectivity index is 2.66. The summed E-state index contributed by atoms with van der Waals surface area (Å²) in [5.74, 6) is -3.36. The van der Waals surface area contributed by atoms with Gasteiger partial charge in [-0.3, -0.25) is 9.59 Å². The number of phenols is 2. The molecule has 0 aliphatic rings. The fourth-order valence-corrected chi connectivity index (χ4v) is 1.41. The van der Waals surface area contributed by atoms with Gasteiger partial charge in [0.2, 0.25) is 5.91 Å². The predicted molar refractivity (Wildman–Crippen MR) is 75.0 cm³/mol. The number of carboxylic acid groups (broad SMARTS) is 1. The van der Waals surface area contributed by atoms with Crippen LogP contribution in [0, 0.1) is 0 Å². The third-order valence-corrected chi connectivity index (χ3v) is 2.49. The number of nitrogens with one attached hydrogen (secondary N) is 1. The maximum absolute atomic E-state index is 11.6. The number of ether oxygens (including phenoxy) is 1. The normalized spacial score (nSPS) is 11.9. The molecular formula is C14H15NO7. The van der Waals surface area contributed by atoms with E-state index in [2.05, 4.69) is 10.1 Å². The van der Waals surface area contributed by atoms with Gasteiger partial charge in [0.05, 0.1) is 0 Å². The van der Waals surface area contributed by atoms with Crippen molar-refractivity contribution in [3.8, 4) is 11.5 Å². The molecule has 8 nitrogen and oxygen atoms in total. The van der Waals surface area contributed by atoms with Crippen molar-refractivity contribution in [3.63, 3.8) is 0 Å². The number of hydrogen-bond acceptors (Lipinski definition) is 6. The van der Waals surface area contributed by atoms with Crippen LogP contribution in [0.3, 0.4) is 0 Å². The van der Waals surface area contributed by atoms with Crippen LogP contribution in [-0.2, 0) is 19.1 Å². The summed E-state index contributed by atoms with van der Waals surface area (Å²) in [7, 11) is 0. The largest absolute Gasteiger partial charge is 0.504 e. The summed E-state index contributed by atoms with van der Waals surface area (Å²) in [6, 6.07) is 2.56. The van der Waals surface area contributed by atoms with Crippen molar-refractivity contribution in [2.24, 2.45) is 0 Å². The van der Waals surface area contributed by atoms with Crippen LogP contribution >= 0.6 is 0 Å². The molecule has 0 saturated carbocycles. The number of phenolic OH excluding ortho intramolecular Hbond substituents is 2. The van der Waals surface area contributed by atoms with E-state index in [0.29, 0.717) is 5.56 Å². The molecule has 0 unspecified atom stereocenters. The number of carbonyl (C=O) groups is 3. The molecule has 22 heavy (non-hydrogen) atoms. The highest BCUT2D eigenvalue weighted by Gasteiger charge is 2.20. The fraction of sp³-hybridized carbons (Fsp3) is 0.214. The lowest BCUT2D eigenvalue weighted by molar-refractivity contribution is -0.148. The predicted octanol–water partition coefficient (Wildman–Crippen LogP) is 0.243. The van der Waals surface area contributed by atoms with Crippen molar-refractivity contribution in [1.29, 1.82) is 0 Å². The van der Waals surface area contributed by atoms with Crippen LogP contribution in [0.4, 0.5) is 0 Å². The quantitative estimate of drug-likeness (QED) is 0.336. The van der Waals surface area contributed by atoms with Gasteiger partial charge in [-0.15, -0.1) is 0 Å². The number of hydrogen-bond donors (Lipinski definition) is 4. The van der Waals surface area contributed by atoms with E-state index in [4.69, 9.17) is 10.2 Å². The molecule has 0 radical (unpaired) electrons. The smallest absolute Gasteiger partial charge is 0.329 e. The van der Waals surface area contributed by atoms with Crippen LogP contribution in [0.15, 0.2) is 24.3 Å². The topological polar surface area (TPSA) is 133 Å². The van der Waals surface area contributed by atoms with Crippen LogP contribution in [0.25, 0.3) is 6.08 Å². The molecule has 1 aromatic carbocycles. The van der Waals surface area contributed by atoms with Gasteiger partial charge in [-0.2, -0.15) is 0 Å². The highest BCUT2D eigenvalue weighted by Crippen LogP contribution is 2.25. The number of aliphatic carboxylic acids is 1. The van der Waals surface area contributed by atoms with Gasteiger partial charge in [-0.25, -0.2) is 4.79 Å². The van der Waals surface area contributed by atoms with Gasteiger partial charge >= 0.3 is 11.9 Å². The first-order valence-electron chi connectivity index (χ1n) is 6.16. The van der Waals surface area contributed by atoms with Crippen molar-refractivity contribution in [2.75, 3.05) is 6.61 Å². The standard InChI is InChI=1S/C14H15NO7/c1-8(16)22-7-10(14(20)21)15-13(19)5-3-9-2-4-11(17)12(18)6-9/h2-6,10,17-18H,7H2,1H3,(H,15,19)(H,20,21)/b5-3+/t10-/m0/s1. The van der Waals surface area contributed by atoms with Gasteiger partial charge in [0.25, 0.3) is 0 Å². The van der Waals surface area contributed by atoms with E-state index in [9.17, 15) is 19.5 Å². The summed E-state index contributed by atoms with van der Waals surface area (Å²) in [6.45, 7) is 0.641. The van der Waals surface area contributed by atoms with Crippen molar-refractivity contribution >= 4 is 23.9 Å². The van der Waals surface area contributed by atoms with Crippen LogP contribution in [0.5, 0.6) is 11.5 Å². The Morgan fingerprint density at radius 3 is 2.50 bits per heavy atom. The average molecular weight is 309 g/mol. The Hall–Kier alpha value is -3.03. The minimum Gasteiger partial charge on any atom is -0.504 e. The van der Waals surface area contributed by atoms with Crippen molar-refractivity contribution in [3.05, 3.63) is 29.8 Å². The number of esters is 1. The highest BCUT2D eigenvalue weighted by atomic mass is 16.5. The van der Waals surface area contributed by atoms with Crippen molar-refractivity contribution < 1.29 is 34.4 Å². The number of carboxylic acids is 1. The van der Waals surface area contributed by atoms with Gasteiger partial charge < -0.3 is 25.4 Å². The van der Waals surface area contributed by atoms with Crippen LogP contribution in [0.1, 0.15) is 12.5 Å². The lowest BCUT2D eigenvalue weighted by Gasteiger charge is -2.12. The molecule has 0 fully saturated rings. The molecule has 118 valence electrons. The first-order chi connectivity index (χ1) is 10.3. The van der Waals surface area contributed by atoms with Gasteiger partial charge in [-0.05, 0) is 23.8 Å². The van der Waals surface area contributed by atoms with Gasteiger partial charge in [0.15, 0.2) is 17.5 Å². The summed E-state index contributed by atoms with van der Waals surface area (Å²) in [5, 5.41) is 29.5. The SMILES string of the molecule is CC(=O)OC[C@H](NC(=O)/C=C/c1ccc(O)c(O)c1)C(=O)O. The summed E-state index contributed by atoms with van der Waals surface area (Å²) in [4.78, 5) is 33.2. The van der Waals surface area contributed by atoms with E-state index in [1.165, 1.54) is 24.3 Å². The molecule has 0 bridgehead atoms. The Morgan fingerprint density at radius 2 is 1.95 bits per heavy atom. The van der Waals surface area contributed by atoms with Gasteiger partial charge in [0, 0.05) is 13.0 Å². The van der Waals surface area contributed by atoms with E-state index in [-0.39, 0.29) is 11.5 Å². The maximum Gasteiger partial charge on any atom is 0.329 e. The molecule has 0 aromatic heterocycles. The minimum atomic E-state index is -1.37. The molecule has 0 spiro atoms. The Labute approximate surface area is 125 Å². The zero-order chi connectivity index (χ0) is 16.7. The third kappa shape index (κ3) is 5.53. The van der Waals surface area contributed by atoms with Crippen molar-refractivity contribution in [2.45, 2.75) is 13.0 Å². The zero-order valence-electron chi connectivity index (χ0n) is 11.6. The number of amides is 1. The lowest BCUT2D eigenvalue weighted by Crippen LogP contribution is -2.43. The van der Waals surface area contributed by atoms with Gasteiger partial charge in [0.1, 0.15) is 6.61 Å². The first-order valence-corrected chi connectivity index (χ1v) is 6.16. The molecule has 0 aliphatic carbocycles. The Kier molecular flexibility index (Phi) is 5.94. The van der Waals surface area contributed by atoms with E-state index in [1.54, 1.807) is 0 Å². The summed E-state index contributed by atoms with van der Waals surface area (Å²) in [6.07, 6.45) is 2.37. The van der Waals surface area contributed by atoms with Crippen LogP contribution in [-0.4, -0.2) is 45.8 Å². The minimum absolute atomic E-state index is 0.297. The highest BCUT2D eigenvalue weighted by molar-refractivity contribution is 5.94. The second-order valence-corrected chi connectivity index (χ2v) is 4.28. The second kappa shape index (κ2) is 7.67. The third-order valence-electron chi connectivity index (χ3n) is 2.49. The number of rotatable bonds is 6. The van der Waals surface area contributed by atoms with Crippen LogP contribution in [0.2, 0.25) is 0 Å². The number of carbonyl (C=O) groups excluding carboxylic acids is 2. The molecule has 1 aromatic rings. The zero-order valence-corrected chi connectivity index (χ0v) is 11.6. The Morgan fingerprint density at radius 1 is 1.27 bits per heavy atom. The molecule has 0 saturated heterocycles. The molecule has 1 rings (SSSR count). The molecule has 0 aliphatic heterocycles. The van der Waals surface area contributed by atoms with Crippen molar-refractivity contribution in [1.82, 2.24) is 5.32 Å². The van der Waals surface area contributed by atoms with Crippen LogP contribution < -0.4 is 5.32 Å². The molecule has 1 amide bonds. The Bertz CT molecular complexity index is 609. The maximum atomic E-state index is 11.6. The first kappa shape index (κ1) is 17.0. The molecule has 1 atom stereocenters. The molecular weight excluding hydrogens is 294 g/mol. The fourth-order valence-electron chi connectivity index (χ4n) is 1.41. The summed E-state index contributed by atoms with van der Waals surface area (Å²) < 4.78 is 4.54. The van der Waals surface area contributed by atoms with Gasteiger partial charge in [-0.1, -0.05) is 6.07 Å². The molecule has 4 N–H and O–H groups in total. The number of aromatic hydroxyl groups is 2. The van der Waals surface area contributed by atoms with E-state index in [0.717, 1.165) is 13.0 Å². The lowest BCUT2D eigenvalue weighted by atomic mass is 10.2. The van der Waals surface area contributed by atoms with E-state index < -0.39 is 30.5 Å². The summed E-state index contributed by atoms with van der Waals surface area (Å²) in [5.41, 5.74) is 0.428. The molecule has 0 heterocycles. The monoisotopic (exact) mass is 309 g/mol. The van der Waals surface area contributed by atoms with E-state index in [1.807, 2.05) is 0 Å².